The van der Waals surface area contributed by atoms with E-state index < -0.39 is 34.3 Å². The number of para-hydroxylation sites is 1. The highest BCUT2D eigenvalue weighted by molar-refractivity contribution is 7.92. The van der Waals surface area contributed by atoms with Crippen molar-refractivity contribution < 1.29 is 22.4 Å². The lowest BCUT2D eigenvalue weighted by molar-refractivity contribution is -0.139. The molecule has 0 radical (unpaired) electrons. The Kier molecular flexibility index (Phi) is 9.58. The molecule has 0 spiro atoms. The zero-order valence-electron chi connectivity index (χ0n) is 22.9. The van der Waals surface area contributed by atoms with Crippen molar-refractivity contribution in [1.29, 1.82) is 0 Å². The summed E-state index contributed by atoms with van der Waals surface area (Å²) in [6.07, 6.45) is 5.07. The smallest absolute Gasteiger partial charge is 0.264 e. The van der Waals surface area contributed by atoms with Crippen molar-refractivity contribution in [3.05, 3.63) is 95.8 Å². The van der Waals surface area contributed by atoms with Crippen molar-refractivity contribution in [3.8, 4) is 0 Å². The first kappa shape index (κ1) is 29.3. The normalized spacial score (nSPS) is 14.8. The molecule has 40 heavy (non-hydrogen) atoms. The number of amides is 2. The summed E-state index contributed by atoms with van der Waals surface area (Å²) in [5.41, 5.74) is 2.17. The first-order valence-corrected chi connectivity index (χ1v) is 15.1. The molecule has 1 saturated carbocycles. The summed E-state index contributed by atoms with van der Waals surface area (Å²) in [4.78, 5) is 28.6. The molecule has 9 heteroatoms. The number of nitrogens with zero attached hydrogens (tertiary/aromatic N) is 2. The third kappa shape index (κ3) is 7.27. The number of sulfonamides is 1. The number of nitrogens with one attached hydrogen (secondary N) is 1. The van der Waals surface area contributed by atoms with Gasteiger partial charge in [0.25, 0.3) is 10.0 Å². The quantitative estimate of drug-likeness (QED) is 0.366. The van der Waals surface area contributed by atoms with E-state index in [2.05, 4.69) is 5.32 Å². The monoisotopic (exact) mass is 565 g/mol. The highest BCUT2D eigenvalue weighted by Crippen LogP contribution is 2.25. The predicted molar refractivity (Wildman–Crippen MR) is 154 cm³/mol. The standard InChI is InChI=1S/C31H36FN3O4S/c1-23-13-15-25(16-14-23)21-34(24(2)31(37)33-27-9-5-3-6-10-27)30(36)22-35(28-11-7-4-8-12-28)40(38,39)29-19-17-26(32)18-20-29/h4,7-8,11-20,24,27H,3,5-6,9-10,21-22H2,1-2H3,(H,33,37)/t24-/m1/s1. The number of rotatable bonds is 10. The first-order chi connectivity index (χ1) is 19.1. The van der Waals surface area contributed by atoms with Gasteiger partial charge in [-0.15, -0.1) is 0 Å². The van der Waals surface area contributed by atoms with Gasteiger partial charge in [-0.25, -0.2) is 12.8 Å². The van der Waals surface area contributed by atoms with Crippen LogP contribution in [-0.2, 0) is 26.2 Å². The predicted octanol–water partition coefficient (Wildman–Crippen LogP) is 5.20. The molecule has 7 nitrogen and oxygen atoms in total. The van der Waals surface area contributed by atoms with Gasteiger partial charge in [0, 0.05) is 12.6 Å². The van der Waals surface area contributed by atoms with Crippen LogP contribution >= 0.6 is 0 Å². The molecule has 1 fully saturated rings. The average molecular weight is 566 g/mol. The molecular weight excluding hydrogens is 529 g/mol. The third-order valence-corrected chi connectivity index (χ3v) is 9.11. The number of halogens is 1. The van der Waals surface area contributed by atoms with E-state index in [4.69, 9.17) is 0 Å². The molecule has 1 aliphatic rings. The maximum absolute atomic E-state index is 13.9. The molecule has 0 aromatic heterocycles. The van der Waals surface area contributed by atoms with Crippen molar-refractivity contribution >= 4 is 27.5 Å². The second-order valence-electron chi connectivity index (χ2n) is 10.3. The summed E-state index contributed by atoms with van der Waals surface area (Å²) in [7, 11) is -4.23. The molecule has 1 aliphatic carbocycles. The maximum atomic E-state index is 13.9. The van der Waals surface area contributed by atoms with E-state index in [1.165, 1.54) is 17.0 Å². The molecule has 0 heterocycles. The van der Waals surface area contributed by atoms with E-state index in [-0.39, 0.29) is 29.1 Å². The van der Waals surface area contributed by atoms with Gasteiger partial charge in [0.1, 0.15) is 18.4 Å². The van der Waals surface area contributed by atoms with Crippen LogP contribution in [0.4, 0.5) is 10.1 Å². The number of benzene rings is 3. The molecule has 0 aliphatic heterocycles. The van der Waals surface area contributed by atoms with Crippen molar-refractivity contribution in [2.75, 3.05) is 10.8 Å². The van der Waals surface area contributed by atoms with Crippen LogP contribution in [0.3, 0.4) is 0 Å². The van der Waals surface area contributed by atoms with Gasteiger partial charge in [0.05, 0.1) is 10.6 Å². The van der Waals surface area contributed by atoms with E-state index >= 15 is 0 Å². The maximum Gasteiger partial charge on any atom is 0.264 e. The van der Waals surface area contributed by atoms with E-state index in [1.807, 2.05) is 31.2 Å². The summed E-state index contributed by atoms with van der Waals surface area (Å²) in [5, 5.41) is 3.10. The van der Waals surface area contributed by atoms with Crippen LogP contribution in [0.5, 0.6) is 0 Å². The fourth-order valence-electron chi connectivity index (χ4n) is 4.90. The lowest BCUT2D eigenvalue weighted by Gasteiger charge is -2.33. The Morgan fingerprint density at radius 3 is 2.17 bits per heavy atom. The van der Waals surface area contributed by atoms with Crippen LogP contribution in [0.15, 0.2) is 83.8 Å². The van der Waals surface area contributed by atoms with Crippen LogP contribution < -0.4 is 9.62 Å². The van der Waals surface area contributed by atoms with Crippen molar-refractivity contribution in [2.24, 2.45) is 0 Å². The van der Waals surface area contributed by atoms with E-state index in [9.17, 15) is 22.4 Å². The molecule has 1 atom stereocenters. The minimum Gasteiger partial charge on any atom is -0.352 e. The van der Waals surface area contributed by atoms with Crippen LogP contribution in [0.2, 0.25) is 0 Å². The van der Waals surface area contributed by atoms with Crippen molar-refractivity contribution in [3.63, 3.8) is 0 Å². The molecular formula is C31H36FN3O4S. The molecule has 0 saturated heterocycles. The SMILES string of the molecule is Cc1ccc(CN(C(=O)CN(c2ccccc2)S(=O)(=O)c2ccc(F)cc2)[C@H](C)C(=O)NC2CCCCC2)cc1. The Labute approximate surface area is 236 Å². The number of anilines is 1. The van der Waals surface area contributed by atoms with Crippen molar-refractivity contribution in [2.45, 2.75) is 69.5 Å². The third-order valence-electron chi connectivity index (χ3n) is 7.32. The summed E-state index contributed by atoms with van der Waals surface area (Å²) >= 11 is 0. The first-order valence-electron chi connectivity index (χ1n) is 13.6. The van der Waals surface area contributed by atoms with E-state index in [0.717, 1.165) is 59.7 Å². The lowest BCUT2D eigenvalue weighted by atomic mass is 9.95. The van der Waals surface area contributed by atoms with Gasteiger partial charge in [-0.1, -0.05) is 67.3 Å². The fraction of sp³-hybridized carbons (Fsp3) is 0.355. The molecule has 1 N–H and O–H groups in total. The van der Waals surface area contributed by atoms with Crippen LogP contribution in [0, 0.1) is 12.7 Å². The lowest BCUT2D eigenvalue weighted by Crippen LogP contribution is -2.53. The second kappa shape index (κ2) is 13.1. The van der Waals surface area contributed by atoms with Gasteiger partial charge < -0.3 is 10.2 Å². The number of carbonyl (C=O) groups excluding carboxylic acids is 2. The molecule has 2 amide bonds. The Hall–Kier alpha value is -3.72. The van der Waals surface area contributed by atoms with E-state index in [1.54, 1.807) is 37.3 Å². The Bertz CT molecular complexity index is 1390. The topological polar surface area (TPSA) is 86.8 Å². The van der Waals surface area contributed by atoms with E-state index in [0.29, 0.717) is 0 Å². The number of aryl methyl sites for hydroxylation is 1. The van der Waals surface area contributed by atoms with Crippen LogP contribution in [0.1, 0.15) is 50.2 Å². The summed E-state index contributed by atoms with van der Waals surface area (Å²) < 4.78 is 42.0. The molecule has 0 bridgehead atoms. The summed E-state index contributed by atoms with van der Waals surface area (Å²) in [5.74, 6) is -1.36. The number of hydrogen-bond acceptors (Lipinski definition) is 4. The van der Waals surface area contributed by atoms with Crippen LogP contribution in [-0.4, -0.2) is 43.8 Å². The molecule has 3 aromatic rings. The second-order valence-corrected chi connectivity index (χ2v) is 12.2. The van der Waals surface area contributed by atoms with Crippen molar-refractivity contribution in [1.82, 2.24) is 10.2 Å². The molecule has 3 aromatic carbocycles. The summed E-state index contributed by atoms with van der Waals surface area (Å²) in [6.45, 7) is 3.24. The minimum absolute atomic E-state index is 0.0692. The Balaban J connectivity index is 1.65. The highest BCUT2D eigenvalue weighted by atomic mass is 32.2. The molecule has 4 rings (SSSR count). The molecule has 212 valence electrons. The van der Waals surface area contributed by atoms with Gasteiger partial charge in [-0.05, 0) is 68.7 Å². The van der Waals surface area contributed by atoms with Gasteiger partial charge in [-0.2, -0.15) is 0 Å². The largest absolute Gasteiger partial charge is 0.352 e. The summed E-state index contributed by atoms with van der Waals surface area (Å²) in [6, 6.07) is 19.7. The van der Waals surface area contributed by atoms with Crippen LogP contribution in [0.25, 0.3) is 0 Å². The fourth-order valence-corrected chi connectivity index (χ4v) is 6.31. The number of carbonyl (C=O) groups is 2. The average Bonchev–Trinajstić information content (AvgIpc) is 2.96. The molecule has 0 unspecified atom stereocenters. The minimum atomic E-state index is -4.23. The zero-order valence-corrected chi connectivity index (χ0v) is 23.7. The Morgan fingerprint density at radius 2 is 1.55 bits per heavy atom. The van der Waals surface area contributed by atoms with Gasteiger partial charge in [-0.3, -0.25) is 13.9 Å². The van der Waals surface area contributed by atoms with Gasteiger partial charge in [0.2, 0.25) is 11.8 Å². The highest BCUT2D eigenvalue weighted by Gasteiger charge is 2.33. The van der Waals surface area contributed by atoms with Gasteiger partial charge >= 0.3 is 0 Å². The zero-order chi connectivity index (χ0) is 28.7. The Morgan fingerprint density at radius 1 is 0.925 bits per heavy atom. The van der Waals surface area contributed by atoms with Gasteiger partial charge in [0.15, 0.2) is 0 Å². The number of hydrogen-bond donors (Lipinski definition) is 1.